The third-order valence-corrected chi connectivity index (χ3v) is 3.27. The van der Waals surface area contributed by atoms with Gasteiger partial charge in [-0.1, -0.05) is 12.1 Å². The standard InChI is InChI=1S/C16H23NO3/c1-3-20-16(18)12(2)17-15-6-4-5-14(9-15)11-19-10-13-7-8-13/h4-6,9,12-13,17H,3,7-8,10-11H2,1-2H3. The predicted octanol–water partition coefficient (Wildman–Crippen LogP) is 2.98. The molecule has 0 bridgehead atoms. The van der Waals surface area contributed by atoms with Gasteiger partial charge in [0.25, 0.3) is 0 Å². The summed E-state index contributed by atoms with van der Waals surface area (Å²) < 4.78 is 10.6. The van der Waals surface area contributed by atoms with Gasteiger partial charge in [-0.2, -0.15) is 0 Å². The normalized spacial score (nSPS) is 15.7. The van der Waals surface area contributed by atoms with Crippen LogP contribution in [0.1, 0.15) is 32.3 Å². The molecule has 0 amide bonds. The van der Waals surface area contributed by atoms with Crippen LogP contribution in [0.4, 0.5) is 5.69 Å². The van der Waals surface area contributed by atoms with Crippen LogP contribution >= 0.6 is 0 Å². The van der Waals surface area contributed by atoms with E-state index >= 15 is 0 Å². The quantitative estimate of drug-likeness (QED) is 0.742. The predicted molar refractivity (Wildman–Crippen MR) is 78.5 cm³/mol. The molecule has 1 aromatic rings. The molecule has 2 rings (SSSR count). The first-order valence-corrected chi connectivity index (χ1v) is 7.29. The minimum Gasteiger partial charge on any atom is -0.464 e. The van der Waals surface area contributed by atoms with Crippen molar-refractivity contribution < 1.29 is 14.3 Å². The number of carbonyl (C=O) groups excluding carboxylic acids is 1. The van der Waals surface area contributed by atoms with Crippen molar-refractivity contribution >= 4 is 11.7 Å². The van der Waals surface area contributed by atoms with Gasteiger partial charge in [0.05, 0.1) is 13.2 Å². The van der Waals surface area contributed by atoms with Crippen LogP contribution in [0.15, 0.2) is 24.3 Å². The summed E-state index contributed by atoms with van der Waals surface area (Å²) in [5, 5.41) is 3.15. The lowest BCUT2D eigenvalue weighted by atomic mass is 10.2. The topological polar surface area (TPSA) is 47.6 Å². The molecule has 0 spiro atoms. The second kappa shape index (κ2) is 7.29. The third-order valence-electron chi connectivity index (χ3n) is 3.27. The van der Waals surface area contributed by atoms with Crippen LogP contribution in [0, 0.1) is 5.92 Å². The van der Waals surface area contributed by atoms with Crippen LogP contribution in [0.5, 0.6) is 0 Å². The Morgan fingerprint density at radius 2 is 2.25 bits per heavy atom. The zero-order valence-corrected chi connectivity index (χ0v) is 12.2. The molecular formula is C16H23NO3. The van der Waals surface area contributed by atoms with E-state index in [1.165, 1.54) is 12.8 Å². The van der Waals surface area contributed by atoms with Gasteiger partial charge in [-0.3, -0.25) is 0 Å². The summed E-state index contributed by atoms with van der Waals surface area (Å²) in [6.07, 6.45) is 2.61. The summed E-state index contributed by atoms with van der Waals surface area (Å²) in [5.41, 5.74) is 2.03. The van der Waals surface area contributed by atoms with Crippen molar-refractivity contribution in [1.82, 2.24) is 0 Å². The van der Waals surface area contributed by atoms with Gasteiger partial charge in [0.1, 0.15) is 6.04 Å². The molecule has 1 aliphatic rings. The molecule has 0 saturated heterocycles. The molecule has 1 saturated carbocycles. The van der Waals surface area contributed by atoms with E-state index in [0.717, 1.165) is 23.8 Å². The van der Waals surface area contributed by atoms with Crippen LogP contribution in [0.25, 0.3) is 0 Å². The molecule has 4 nitrogen and oxygen atoms in total. The minimum absolute atomic E-state index is 0.233. The second-order valence-electron chi connectivity index (χ2n) is 5.28. The smallest absolute Gasteiger partial charge is 0.328 e. The molecule has 0 heterocycles. The van der Waals surface area contributed by atoms with Crippen molar-refractivity contribution in [3.63, 3.8) is 0 Å². The number of carbonyl (C=O) groups is 1. The van der Waals surface area contributed by atoms with Gasteiger partial charge in [-0.15, -0.1) is 0 Å². The molecule has 20 heavy (non-hydrogen) atoms. The molecule has 1 aromatic carbocycles. The molecule has 4 heteroatoms. The van der Waals surface area contributed by atoms with Crippen LogP contribution in [0.2, 0.25) is 0 Å². The Labute approximate surface area is 120 Å². The summed E-state index contributed by atoms with van der Waals surface area (Å²) in [5.74, 6) is 0.544. The maximum Gasteiger partial charge on any atom is 0.328 e. The molecule has 110 valence electrons. The maximum absolute atomic E-state index is 11.6. The molecule has 1 fully saturated rings. The van der Waals surface area contributed by atoms with Crippen LogP contribution in [-0.2, 0) is 20.9 Å². The zero-order chi connectivity index (χ0) is 14.4. The van der Waals surface area contributed by atoms with Crippen molar-refractivity contribution in [2.75, 3.05) is 18.5 Å². The Morgan fingerprint density at radius 1 is 1.45 bits per heavy atom. The Kier molecular flexibility index (Phi) is 5.41. The van der Waals surface area contributed by atoms with Gasteiger partial charge < -0.3 is 14.8 Å². The molecular weight excluding hydrogens is 254 g/mol. The highest BCUT2D eigenvalue weighted by molar-refractivity contribution is 5.78. The molecule has 1 N–H and O–H groups in total. The second-order valence-corrected chi connectivity index (χ2v) is 5.28. The van der Waals surface area contributed by atoms with Crippen molar-refractivity contribution in [3.8, 4) is 0 Å². The SMILES string of the molecule is CCOC(=O)C(C)Nc1cccc(COCC2CC2)c1. The van der Waals surface area contributed by atoms with E-state index in [4.69, 9.17) is 9.47 Å². The van der Waals surface area contributed by atoms with Crippen molar-refractivity contribution in [1.29, 1.82) is 0 Å². The Morgan fingerprint density at radius 3 is 2.95 bits per heavy atom. The minimum atomic E-state index is -0.349. The maximum atomic E-state index is 11.6. The van der Waals surface area contributed by atoms with Crippen molar-refractivity contribution in [2.45, 2.75) is 39.3 Å². The summed E-state index contributed by atoms with van der Waals surface area (Å²) in [6, 6.07) is 7.61. The van der Waals surface area contributed by atoms with Crippen LogP contribution < -0.4 is 5.32 Å². The highest BCUT2D eigenvalue weighted by Crippen LogP contribution is 2.29. The fraction of sp³-hybridized carbons (Fsp3) is 0.562. The van der Waals surface area contributed by atoms with E-state index in [-0.39, 0.29) is 12.0 Å². The van der Waals surface area contributed by atoms with Crippen molar-refractivity contribution in [2.24, 2.45) is 5.92 Å². The highest BCUT2D eigenvalue weighted by atomic mass is 16.5. The lowest BCUT2D eigenvalue weighted by Gasteiger charge is -2.14. The number of anilines is 1. The molecule has 1 atom stereocenters. The van der Waals surface area contributed by atoms with Gasteiger partial charge in [-0.05, 0) is 50.3 Å². The average molecular weight is 277 g/mol. The first kappa shape index (κ1) is 14.9. The molecule has 1 aliphatic carbocycles. The Balaban J connectivity index is 1.82. The lowest BCUT2D eigenvalue weighted by Crippen LogP contribution is -2.28. The number of hydrogen-bond donors (Lipinski definition) is 1. The lowest BCUT2D eigenvalue weighted by molar-refractivity contribution is -0.143. The van der Waals surface area contributed by atoms with E-state index in [2.05, 4.69) is 5.32 Å². The molecule has 0 aliphatic heterocycles. The monoisotopic (exact) mass is 277 g/mol. The Hall–Kier alpha value is -1.55. The number of rotatable bonds is 8. The van der Waals surface area contributed by atoms with E-state index in [1.54, 1.807) is 6.92 Å². The molecule has 1 unspecified atom stereocenters. The van der Waals surface area contributed by atoms with E-state index in [0.29, 0.717) is 13.2 Å². The van der Waals surface area contributed by atoms with Gasteiger partial charge in [0.2, 0.25) is 0 Å². The Bertz CT molecular complexity index is 443. The van der Waals surface area contributed by atoms with Crippen LogP contribution in [0.3, 0.4) is 0 Å². The summed E-state index contributed by atoms with van der Waals surface area (Å²) in [4.78, 5) is 11.6. The zero-order valence-electron chi connectivity index (χ0n) is 12.2. The molecule has 0 aromatic heterocycles. The molecule has 0 radical (unpaired) electrons. The number of hydrogen-bond acceptors (Lipinski definition) is 4. The number of benzene rings is 1. The highest BCUT2D eigenvalue weighted by Gasteiger charge is 2.21. The van der Waals surface area contributed by atoms with E-state index < -0.39 is 0 Å². The largest absolute Gasteiger partial charge is 0.464 e. The average Bonchev–Trinajstić information content (AvgIpc) is 3.23. The fourth-order valence-corrected chi connectivity index (χ4v) is 1.96. The van der Waals surface area contributed by atoms with Gasteiger partial charge in [-0.25, -0.2) is 4.79 Å². The van der Waals surface area contributed by atoms with E-state index in [1.807, 2.05) is 31.2 Å². The summed E-state index contributed by atoms with van der Waals surface area (Å²) >= 11 is 0. The first-order chi connectivity index (χ1) is 9.69. The van der Waals surface area contributed by atoms with Gasteiger partial charge >= 0.3 is 5.97 Å². The fourth-order valence-electron chi connectivity index (χ4n) is 1.96. The van der Waals surface area contributed by atoms with Gasteiger partial charge in [0, 0.05) is 12.3 Å². The number of ether oxygens (including phenoxy) is 2. The van der Waals surface area contributed by atoms with Gasteiger partial charge in [0.15, 0.2) is 0 Å². The van der Waals surface area contributed by atoms with E-state index in [9.17, 15) is 4.79 Å². The first-order valence-electron chi connectivity index (χ1n) is 7.29. The summed E-state index contributed by atoms with van der Waals surface area (Å²) in [6.45, 7) is 5.49. The number of nitrogens with one attached hydrogen (secondary N) is 1. The third kappa shape index (κ3) is 4.85. The number of esters is 1. The van der Waals surface area contributed by atoms with Crippen LogP contribution in [-0.4, -0.2) is 25.2 Å². The van der Waals surface area contributed by atoms with Crippen molar-refractivity contribution in [3.05, 3.63) is 29.8 Å². The summed E-state index contributed by atoms with van der Waals surface area (Å²) in [7, 11) is 0.